The summed E-state index contributed by atoms with van der Waals surface area (Å²) in [4.78, 5) is 8.16. The lowest BCUT2D eigenvalue weighted by Gasteiger charge is -2.04. The average Bonchev–Trinajstić information content (AvgIpc) is 2.40. The highest BCUT2D eigenvalue weighted by atomic mass is 16.5. The minimum atomic E-state index is 0.539. The van der Waals surface area contributed by atoms with E-state index in [4.69, 9.17) is 4.74 Å². The number of hydrogen-bond acceptors (Lipinski definition) is 3. The lowest BCUT2D eigenvalue weighted by molar-refractivity contribution is 0.292. The minimum absolute atomic E-state index is 0.539. The molecule has 0 fully saturated rings. The molecular weight excluding hydrogens is 212 g/mol. The van der Waals surface area contributed by atoms with Crippen molar-refractivity contribution in [1.82, 2.24) is 9.97 Å². The van der Waals surface area contributed by atoms with Crippen LogP contribution in [0.25, 0.3) is 0 Å². The lowest BCUT2D eigenvalue weighted by Crippen LogP contribution is -1.98. The maximum Gasteiger partial charge on any atom is 0.216 e. The summed E-state index contributed by atoms with van der Waals surface area (Å²) in [6, 6.07) is 11.8. The summed E-state index contributed by atoms with van der Waals surface area (Å²) in [7, 11) is 0. The SMILES string of the molecule is CC.Cc1nccc(OCc2ccccc2)n1. The second kappa shape index (κ2) is 7.39. The van der Waals surface area contributed by atoms with Crippen molar-refractivity contribution in [1.29, 1.82) is 0 Å². The fraction of sp³-hybridized carbons (Fsp3) is 0.286. The van der Waals surface area contributed by atoms with Crippen LogP contribution in [0.15, 0.2) is 42.6 Å². The first kappa shape index (κ1) is 13.2. The Morgan fingerprint density at radius 3 is 2.41 bits per heavy atom. The van der Waals surface area contributed by atoms with E-state index < -0.39 is 0 Å². The van der Waals surface area contributed by atoms with Gasteiger partial charge in [0.05, 0.1) is 0 Å². The Bertz CT molecular complexity index is 429. The Hall–Kier alpha value is -1.90. The van der Waals surface area contributed by atoms with Gasteiger partial charge in [-0.2, -0.15) is 4.98 Å². The Balaban J connectivity index is 0.000000686. The van der Waals surface area contributed by atoms with Crippen LogP contribution in [0.5, 0.6) is 5.88 Å². The van der Waals surface area contributed by atoms with Crippen LogP contribution in [-0.2, 0) is 6.61 Å². The molecule has 0 saturated carbocycles. The van der Waals surface area contributed by atoms with Crippen LogP contribution >= 0.6 is 0 Å². The molecule has 0 radical (unpaired) electrons. The highest BCUT2D eigenvalue weighted by molar-refractivity contribution is 5.15. The first-order chi connectivity index (χ1) is 8.34. The third-order valence-corrected chi connectivity index (χ3v) is 1.98. The van der Waals surface area contributed by atoms with Gasteiger partial charge in [0.1, 0.15) is 12.4 Å². The van der Waals surface area contributed by atoms with Crippen LogP contribution in [-0.4, -0.2) is 9.97 Å². The molecule has 17 heavy (non-hydrogen) atoms. The number of ether oxygens (including phenoxy) is 1. The largest absolute Gasteiger partial charge is 0.473 e. The highest BCUT2D eigenvalue weighted by Gasteiger charge is 1.96. The highest BCUT2D eigenvalue weighted by Crippen LogP contribution is 2.08. The van der Waals surface area contributed by atoms with Gasteiger partial charge in [-0.15, -0.1) is 0 Å². The maximum absolute atomic E-state index is 5.52. The van der Waals surface area contributed by atoms with Gasteiger partial charge >= 0.3 is 0 Å². The summed E-state index contributed by atoms with van der Waals surface area (Å²) in [5, 5.41) is 0. The summed E-state index contributed by atoms with van der Waals surface area (Å²) >= 11 is 0. The fourth-order valence-electron chi connectivity index (χ4n) is 1.25. The summed E-state index contributed by atoms with van der Waals surface area (Å²) in [6.07, 6.45) is 1.70. The molecule has 1 heterocycles. The molecule has 90 valence electrons. The number of aromatic nitrogens is 2. The molecule has 2 aromatic rings. The molecule has 2 rings (SSSR count). The van der Waals surface area contributed by atoms with Gasteiger partial charge in [0.15, 0.2) is 0 Å². The van der Waals surface area contributed by atoms with Crippen LogP contribution in [0.4, 0.5) is 0 Å². The Morgan fingerprint density at radius 1 is 1.06 bits per heavy atom. The van der Waals surface area contributed by atoms with Crippen LogP contribution in [0.1, 0.15) is 25.2 Å². The maximum atomic E-state index is 5.52. The van der Waals surface area contributed by atoms with Crippen LogP contribution in [0, 0.1) is 6.92 Å². The van der Waals surface area contributed by atoms with E-state index >= 15 is 0 Å². The van der Waals surface area contributed by atoms with Gasteiger partial charge in [0.2, 0.25) is 5.88 Å². The van der Waals surface area contributed by atoms with Crippen LogP contribution < -0.4 is 4.74 Å². The summed E-state index contributed by atoms with van der Waals surface area (Å²) in [5.74, 6) is 1.34. The molecule has 0 amide bonds. The molecule has 0 atom stereocenters. The Kier molecular flexibility index (Phi) is 5.72. The predicted octanol–water partition coefficient (Wildman–Crippen LogP) is 3.39. The quantitative estimate of drug-likeness (QED) is 0.810. The number of rotatable bonds is 3. The van der Waals surface area contributed by atoms with Gasteiger partial charge in [0, 0.05) is 12.3 Å². The van der Waals surface area contributed by atoms with E-state index in [0.717, 1.165) is 11.4 Å². The molecule has 0 aliphatic carbocycles. The van der Waals surface area contributed by atoms with E-state index in [9.17, 15) is 0 Å². The topological polar surface area (TPSA) is 35.0 Å². The number of nitrogens with zero attached hydrogens (tertiary/aromatic N) is 2. The van der Waals surface area contributed by atoms with Crippen molar-refractivity contribution in [3.05, 3.63) is 54.0 Å². The molecule has 0 aliphatic rings. The molecule has 0 bridgehead atoms. The molecule has 1 aromatic heterocycles. The van der Waals surface area contributed by atoms with Crippen molar-refractivity contribution >= 4 is 0 Å². The van der Waals surface area contributed by atoms with Crippen molar-refractivity contribution in [2.24, 2.45) is 0 Å². The lowest BCUT2D eigenvalue weighted by atomic mass is 10.2. The minimum Gasteiger partial charge on any atom is -0.473 e. The van der Waals surface area contributed by atoms with Gasteiger partial charge < -0.3 is 4.74 Å². The summed E-state index contributed by atoms with van der Waals surface area (Å²) in [5.41, 5.74) is 1.13. The first-order valence-corrected chi connectivity index (χ1v) is 5.81. The molecule has 0 N–H and O–H groups in total. The second-order valence-electron chi connectivity index (χ2n) is 3.22. The first-order valence-electron chi connectivity index (χ1n) is 5.81. The smallest absolute Gasteiger partial charge is 0.216 e. The molecule has 0 unspecified atom stereocenters. The molecule has 0 spiro atoms. The van der Waals surface area contributed by atoms with Crippen molar-refractivity contribution in [2.75, 3.05) is 0 Å². The molecule has 1 aromatic carbocycles. The molecule has 0 aliphatic heterocycles. The molecule has 3 nitrogen and oxygen atoms in total. The van der Waals surface area contributed by atoms with Crippen molar-refractivity contribution in [3.63, 3.8) is 0 Å². The zero-order chi connectivity index (χ0) is 12.5. The van der Waals surface area contributed by atoms with Crippen LogP contribution in [0.3, 0.4) is 0 Å². The van der Waals surface area contributed by atoms with Crippen molar-refractivity contribution in [3.8, 4) is 5.88 Å². The van der Waals surface area contributed by atoms with E-state index in [-0.39, 0.29) is 0 Å². The van der Waals surface area contributed by atoms with E-state index in [0.29, 0.717) is 12.5 Å². The van der Waals surface area contributed by atoms with Crippen molar-refractivity contribution < 1.29 is 4.74 Å². The summed E-state index contributed by atoms with van der Waals surface area (Å²) in [6.45, 7) is 6.38. The second-order valence-corrected chi connectivity index (χ2v) is 3.22. The molecular formula is C14H18N2O. The average molecular weight is 230 g/mol. The number of benzene rings is 1. The van der Waals surface area contributed by atoms with E-state index in [2.05, 4.69) is 9.97 Å². The van der Waals surface area contributed by atoms with Gasteiger partial charge in [0.25, 0.3) is 0 Å². The predicted molar refractivity (Wildman–Crippen MR) is 68.9 cm³/mol. The fourth-order valence-corrected chi connectivity index (χ4v) is 1.25. The van der Waals surface area contributed by atoms with Gasteiger partial charge in [-0.1, -0.05) is 44.2 Å². The van der Waals surface area contributed by atoms with Gasteiger partial charge in [-0.05, 0) is 12.5 Å². The van der Waals surface area contributed by atoms with Crippen molar-refractivity contribution in [2.45, 2.75) is 27.4 Å². The molecule has 3 heteroatoms. The Labute approximate surface area is 103 Å². The third kappa shape index (κ3) is 4.64. The zero-order valence-electron chi connectivity index (χ0n) is 10.6. The number of hydrogen-bond donors (Lipinski definition) is 0. The standard InChI is InChI=1S/C12H12N2O.C2H6/c1-10-13-8-7-12(14-10)15-9-11-5-3-2-4-6-11;1-2/h2-8H,9H2,1H3;1-2H3. The van der Waals surface area contributed by atoms with Gasteiger partial charge in [-0.25, -0.2) is 4.98 Å². The van der Waals surface area contributed by atoms with Gasteiger partial charge in [-0.3, -0.25) is 0 Å². The van der Waals surface area contributed by atoms with E-state index in [1.54, 1.807) is 12.3 Å². The zero-order valence-corrected chi connectivity index (χ0v) is 10.6. The molecule has 0 saturated heterocycles. The third-order valence-electron chi connectivity index (χ3n) is 1.98. The number of aryl methyl sites for hydroxylation is 1. The normalized spacial score (nSPS) is 9.12. The Morgan fingerprint density at radius 2 is 1.76 bits per heavy atom. The monoisotopic (exact) mass is 230 g/mol. The summed E-state index contributed by atoms with van der Waals surface area (Å²) < 4.78 is 5.52. The van der Waals surface area contributed by atoms with E-state index in [1.165, 1.54) is 0 Å². The van der Waals surface area contributed by atoms with Crippen LogP contribution in [0.2, 0.25) is 0 Å². The van der Waals surface area contributed by atoms with E-state index in [1.807, 2.05) is 51.1 Å².